The van der Waals surface area contributed by atoms with Gasteiger partial charge < -0.3 is 10.1 Å². The molecule has 0 spiro atoms. The lowest BCUT2D eigenvalue weighted by Gasteiger charge is -2.00. The Balaban J connectivity index is 1.75. The van der Waals surface area contributed by atoms with Gasteiger partial charge in [-0.2, -0.15) is 5.10 Å². The number of nitrogens with one attached hydrogen (secondary N) is 2. The molecule has 2 N–H and O–H groups in total. The van der Waals surface area contributed by atoms with Crippen molar-refractivity contribution in [2.24, 2.45) is 0 Å². The molecule has 0 aromatic carbocycles. The van der Waals surface area contributed by atoms with Crippen LogP contribution in [0, 0.1) is 0 Å². The molecule has 0 amide bonds. The van der Waals surface area contributed by atoms with E-state index in [1.807, 2.05) is 5.38 Å². The first-order valence-corrected chi connectivity index (χ1v) is 6.84. The zero-order valence-corrected chi connectivity index (χ0v) is 11.4. The molecule has 0 bridgehead atoms. The molecular weight excluding hydrogens is 266 g/mol. The SMILES string of the molecule is CCOC(=O)Cc1csc(NCCc2ncn[nH]2)n1. The van der Waals surface area contributed by atoms with E-state index in [0.717, 1.165) is 23.1 Å². The second-order valence-electron chi connectivity index (χ2n) is 3.73. The van der Waals surface area contributed by atoms with Crippen LogP contribution >= 0.6 is 11.3 Å². The van der Waals surface area contributed by atoms with Crippen LogP contribution in [0.4, 0.5) is 5.13 Å². The Hall–Kier alpha value is -1.96. The van der Waals surface area contributed by atoms with Crippen LogP contribution < -0.4 is 5.32 Å². The van der Waals surface area contributed by atoms with E-state index in [1.54, 1.807) is 6.92 Å². The van der Waals surface area contributed by atoms with Crippen molar-refractivity contribution >= 4 is 22.4 Å². The van der Waals surface area contributed by atoms with E-state index < -0.39 is 0 Å². The summed E-state index contributed by atoms with van der Waals surface area (Å²) in [5.41, 5.74) is 0.727. The third kappa shape index (κ3) is 4.32. The minimum absolute atomic E-state index is 0.216. The Morgan fingerprint density at radius 2 is 2.47 bits per heavy atom. The highest BCUT2D eigenvalue weighted by molar-refractivity contribution is 7.13. The maximum atomic E-state index is 11.3. The highest BCUT2D eigenvalue weighted by Crippen LogP contribution is 2.15. The third-order valence-electron chi connectivity index (χ3n) is 2.29. The molecule has 19 heavy (non-hydrogen) atoms. The van der Waals surface area contributed by atoms with Gasteiger partial charge in [-0.15, -0.1) is 11.3 Å². The summed E-state index contributed by atoms with van der Waals surface area (Å²) in [7, 11) is 0. The van der Waals surface area contributed by atoms with Gasteiger partial charge in [0.15, 0.2) is 5.13 Å². The molecule has 0 aliphatic rings. The molecule has 0 aliphatic heterocycles. The van der Waals surface area contributed by atoms with Crippen molar-refractivity contribution in [3.63, 3.8) is 0 Å². The number of rotatable bonds is 7. The van der Waals surface area contributed by atoms with Crippen molar-refractivity contribution in [2.75, 3.05) is 18.5 Å². The summed E-state index contributed by atoms with van der Waals surface area (Å²) in [6.07, 6.45) is 2.44. The minimum atomic E-state index is -0.249. The molecule has 0 unspecified atom stereocenters. The normalized spacial score (nSPS) is 10.4. The monoisotopic (exact) mass is 281 g/mol. The van der Waals surface area contributed by atoms with Gasteiger partial charge in [-0.05, 0) is 6.92 Å². The van der Waals surface area contributed by atoms with Crippen LogP contribution in [0.3, 0.4) is 0 Å². The predicted octanol–water partition coefficient (Wildman–Crippen LogP) is 1.02. The van der Waals surface area contributed by atoms with Gasteiger partial charge in [0.05, 0.1) is 18.7 Å². The number of ether oxygens (including phenoxy) is 1. The smallest absolute Gasteiger partial charge is 0.311 e. The number of hydrogen-bond acceptors (Lipinski definition) is 7. The molecule has 7 nitrogen and oxygen atoms in total. The lowest BCUT2D eigenvalue weighted by molar-refractivity contribution is -0.142. The maximum absolute atomic E-state index is 11.3. The van der Waals surface area contributed by atoms with Crippen LogP contribution in [0.15, 0.2) is 11.7 Å². The Morgan fingerprint density at radius 1 is 1.58 bits per heavy atom. The summed E-state index contributed by atoms with van der Waals surface area (Å²) in [6, 6.07) is 0. The van der Waals surface area contributed by atoms with E-state index in [0.29, 0.717) is 13.2 Å². The Labute approximate surface area is 114 Å². The molecule has 0 aliphatic carbocycles. The van der Waals surface area contributed by atoms with Crippen molar-refractivity contribution in [2.45, 2.75) is 19.8 Å². The van der Waals surface area contributed by atoms with Gasteiger partial charge in [0.2, 0.25) is 0 Å². The van der Waals surface area contributed by atoms with Crippen molar-refractivity contribution < 1.29 is 9.53 Å². The van der Waals surface area contributed by atoms with Crippen LogP contribution in [0.1, 0.15) is 18.4 Å². The molecule has 0 saturated heterocycles. The molecule has 0 atom stereocenters. The largest absolute Gasteiger partial charge is 0.466 e. The summed E-state index contributed by atoms with van der Waals surface area (Å²) in [4.78, 5) is 19.6. The second kappa shape index (κ2) is 6.83. The van der Waals surface area contributed by atoms with E-state index in [4.69, 9.17) is 4.74 Å². The molecule has 2 aromatic rings. The van der Waals surface area contributed by atoms with Crippen LogP contribution in [-0.4, -0.2) is 39.3 Å². The molecule has 0 fully saturated rings. The average molecular weight is 281 g/mol. The number of thiazole rings is 1. The molecule has 0 saturated carbocycles. The Bertz CT molecular complexity index is 511. The zero-order chi connectivity index (χ0) is 13.5. The summed E-state index contributed by atoms with van der Waals surface area (Å²) in [6.45, 7) is 2.89. The molecule has 0 radical (unpaired) electrons. The topological polar surface area (TPSA) is 92.8 Å². The second-order valence-corrected chi connectivity index (χ2v) is 4.59. The van der Waals surface area contributed by atoms with Gasteiger partial charge in [0.25, 0.3) is 0 Å². The van der Waals surface area contributed by atoms with Crippen LogP contribution in [0.25, 0.3) is 0 Å². The van der Waals surface area contributed by atoms with Gasteiger partial charge in [0.1, 0.15) is 12.2 Å². The fourth-order valence-electron chi connectivity index (χ4n) is 1.47. The molecule has 102 valence electrons. The van der Waals surface area contributed by atoms with Gasteiger partial charge in [-0.1, -0.05) is 0 Å². The quantitative estimate of drug-likeness (QED) is 0.736. The van der Waals surface area contributed by atoms with E-state index in [1.165, 1.54) is 17.7 Å². The first-order chi connectivity index (χ1) is 9.28. The lowest BCUT2D eigenvalue weighted by atomic mass is 10.3. The predicted molar refractivity (Wildman–Crippen MR) is 71.0 cm³/mol. The fourth-order valence-corrected chi connectivity index (χ4v) is 2.21. The number of carbonyl (C=O) groups is 1. The average Bonchev–Trinajstić information content (AvgIpc) is 3.01. The van der Waals surface area contributed by atoms with Crippen molar-refractivity contribution in [3.05, 3.63) is 23.2 Å². The van der Waals surface area contributed by atoms with Gasteiger partial charge in [0, 0.05) is 18.3 Å². The lowest BCUT2D eigenvalue weighted by Crippen LogP contribution is -2.08. The minimum Gasteiger partial charge on any atom is -0.466 e. The van der Waals surface area contributed by atoms with Crippen molar-refractivity contribution in [1.82, 2.24) is 20.2 Å². The van der Waals surface area contributed by atoms with Crippen LogP contribution in [0.5, 0.6) is 0 Å². The number of esters is 1. The number of hydrogen-bond donors (Lipinski definition) is 2. The molecular formula is C11H15N5O2S. The summed E-state index contributed by atoms with van der Waals surface area (Å²) in [5.74, 6) is 0.580. The maximum Gasteiger partial charge on any atom is 0.311 e. The van der Waals surface area contributed by atoms with E-state index in [9.17, 15) is 4.79 Å². The van der Waals surface area contributed by atoms with E-state index in [-0.39, 0.29) is 12.4 Å². The van der Waals surface area contributed by atoms with Crippen LogP contribution in [0.2, 0.25) is 0 Å². The third-order valence-corrected chi connectivity index (χ3v) is 3.13. The summed E-state index contributed by atoms with van der Waals surface area (Å²) in [5, 5.41) is 12.4. The number of anilines is 1. The van der Waals surface area contributed by atoms with E-state index in [2.05, 4.69) is 25.5 Å². The Kier molecular flexibility index (Phi) is 4.85. The number of aromatic amines is 1. The van der Waals surface area contributed by atoms with Gasteiger partial charge in [-0.3, -0.25) is 9.89 Å². The van der Waals surface area contributed by atoms with Gasteiger partial charge >= 0.3 is 5.97 Å². The Morgan fingerprint density at radius 3 is 3.21 bits per heavy atom. The highest BCUT2D eigenvalue weighted by Gasteiger charge is 2.08. The highest BCUT2D eigenvalue weighted by atomic mass is 32.1. The first kappa shape index (κ1) is 13.5. The van der Waals surface area contributed by atoms with Crippen molar-refractivity contribution in [1.29, 1.82) is 0 Å². The van der Waals surface area contributed by atoms with Gasteiger partial charge in [-0.25, -0.2) is 9.97 Å². The molecule has 2 rings (SSSR count). The van der Waals surface area contributed by atoms with Crippen LogP contribution in [-0.2, 0) is 22.4 Å². The fraction of sp³-hybridized carbons (Fsp3) is 0.455. The van der Waals surface area contributed by atoms with E-state index >= 15 is 0 Å². The molecule has 2 heterocycles. The number of nitrogens with zero attached hydrogens (tertiary/aromatic N) is 3. The number of aromatic nitrogens is 4. The molecule has 2 aromatic heterocycles. The zero-order valence-electron chi connectivity index (χ0n) is 10.5. The summed E-state index contributed by atoms with van der Waals surface area (Å²) < 4.78 is 4.87. The number of carbonyl (C=O) groups excluding carboxylic acids is 1. The summed E-state index contributed by atoms with van der Waals surface area (Å²) >= 11 is 1.47. The first-order valence-electron chi connectivity index (χ1n) is 5.96. The van der Waals surface area contributed by atoms with Crippen molar-refractivity contribution in [3.8, 4) is 0 Å². The standard InChI is InChI=1S/C11H15N5O2S/c1-2-18-10(17)5-8-6-19-11(15-8)12-4-3-9-13-7-14-16-9/h6-7H,2-5H2,1H3,(H,12,15)(H,13,14,16). The molecule has 8 heteroatoms. The number of H-pyrrole nitrogens is 1.